The van der Waals surface area contributed by atoms with Gasteiger partial charge in [-0.3, -0.25) is 0 Å². The fraction of sp³-hybridized carbons (Fsp3) is 0.625. The molecule has 0 unspecified atom stereocenters. The molecule has 1 fully saturated rings. The van der Waals surface area contributed by atoms with Crippen LogP contribution in [-0.4, -0.2) is 70.4 Å². The monoisotopic (exact) mass is 294 g/mol. The van der Waals surface area contributed by atoms with Crippen LogP contribution in [0.4, 0.5) is 0 Å². The van der Waals surface area contributed by atoms with Crippen molar-refractivity contribution < 1.29 is 14.2 Å². The van der Waals surface area contributed by atoms with Crippen LogP contribution in [0.25, 0.3) is 0 Å². The van der Waals surface area contributed by atoms with E-state index in [0.717, 1.165) is 39.1 Å². The number of para-hydroxylation sites is 1. The first-order chi connectivity index (χ1) is 10.2. The lowest BCUT2D eigenvalue weighted by atomic mass is 10.3. The van der Waals surface area contributed by atoms with E-state index in [1.54, 1.807) is 14.2 Å². The summed E-state index contributed by atoms with van der Waals surface area (Å²) in [5, 5.41) is 0. The Balaban J connectivity index is 1.78. The standard InChI is InChI=1S/C16H26N2O3/c1-17-9-11-18(12-10-17)8-5-13-21-16-14(19-2)6-4-7-15(16)20-3/h4,6-7H,5,8-13H2,1-3H3. The maximum Gasteiger partial charge on any atom is 0.203 e. The van der Waals surface area contributed by atoms with Crippen LogP contribution in [0.1, 0.15) is 6.42 Å². The first kappa shape index (κ1) is 15.9. The van der Waals surface area contributed by atoms with E-state index in [0.29, 0.717) is 23.9 Å². The van der Waals surface area contributed by atoms with Gasteiger partial charge in [-0.05, 0) is 25.6 Å². The van der Waals surface area contributed by atoms with E-state index in [2.05, 4.69) is 16.8 Å². The zero-order valence-electron chi connectivity index (χ0n) is 13.3. The largest absolute Gasteiger partial charge is 0.493 e. The summed E-state index contributed by atoms with van der Waals surface area (Å²) in [4.78, 5) is 4.86. The van der Waals surface area contributed by atoms with E-state index >= 15 is 0 Å². The molecule has 1 heterocycles. The summed E-state index contributed by atoms with van der Waals surface area (Å²) in [7, 11) is 5.46. The molecule has 0 bridgehead atoms. The Morgan fingerprint density at radius 2 is 1.62 bits per heavy atom. The fourth-order valence-electron chi connectivity index (χ4n) is 2.49. The van der Waals surface area contributed by atoms with Crippen LogP contribution in [-0.2, 0) is 0 Å². The smallest absolute Gasteiger partial charge is 0.203 e. The fourth-order valence-corrected chi connectivity index (χ4v) is 2.49. The highest BCUT2D eigenvalue weighted by Crippen LogP contribution is 2.36. The lowest BCUT2D eigenvalue weighted by molar-refractivity contribution is 0.144. The van der Waals surface area contributed by atoms with Gasteiger partial charge in [0.05, 0.1) is 20.8 Å². The second-order valence-electron chi connectivity index (χ2n) is 5.34. The van der Waals surface area contributed by atoms with Gasteiger partial charge in [-0.15, -0.1) is 0 Å². The van der Waals surface area contributed by atoms with Crippen molar-refractivity contribution >= 4 is 0 Å². The summed E-state index contributed by atoms with van der Waals surface area (Å²) < 4.78 is 16.5. The molecule has 0 saturated carbocycles. The van der Waals surface area contributed by atoms with Gasteiger partial charge >= 0.3 is 0 Å². The van der Waals surface area contributed by atoms with Crippen molar-refractivity contribution in [3.63, 3.8) is 0 Å². The second kappa shape index (κ2) is 8.10. The molecule has 0 spiro atoms. The molecule has 0 aromatic heterocycles. The van der Waals surface area contributed by atoms with Gasteiger partial charge in [0.25, 0.3) is 0 Å². The van der Waals surface area contributed by atoms with Gasteiger partial charge in [-0.1, -0.05) is 6.07 Å². The predicted octanol–water partition coefficient (Wildman–Crippen LogP) is 1.72. The number of rotatable bonds is 7. The maximum atomic E-state index is 5.88. The van der Waals surface area contributed by atoms with E-state index in [1.165, 1.54) is 0 Å². The molecule has 1 aliphatic heterocycles. The Bertz CT molecular complexity index is 409. The molecule has 2 rings (SSSR count). The minimum atomic E-state index is 0.670. The van der Waals surface area contributed by atoms with E-state index in [9.17, 15) is 0 Å². The first-order valence-corrected chi connectivity index (χ1v) is 7.49. The highest BCUT2D eigenvalue weighted by molar-refractivity contribution is 5.51. The Hall–Kier alpha value is -1.46. The summed E-state index contributed by atoms with van der Waals surface area (Å²) >= 11 is 0. The SMILES string of the molecule is COc1cccc(OC)c1OCCCN1CCN(C)CC1. The van der Waals surface area contributed by atoms with Crippen molar-refractivity contribution in [3.8, 4) is 17.2 Å². The lowest BCUT2D eigenvalue weighted by Gasteiger charge is -2.32. The highest BCUT2D eigenvalue weighted by Gasteiger charge is 2.14. The van der Waals surface area contributed by atoms with Gasteiger partial charge in [0.2, 0.25) is 5.75 Å². The molecule has 0 N–H and O–H groups in total. The molecule has 1 saturated heterocycles. The number of nitrogens with zero attached hydrogens (tertiary/aromatic N) is 2. The topological polar surface area (TPSA) is 34.2 Å². The van der Waals surface area contributed by atoms with Gasteiger partial charge in [0.15, 0.2) is 11.5 Å². The van der Waals surface area contributed by atoms with E-state index in [-0.39, 0.29) is 0 Å². The summed E-state index contributed by atoms with van der Waals surface area (Å²) in [6, 6.07) is 5.67. The van der Waals surface area contributed by atoms with Crippen LogP contribution in [0, 0.1) is 0 Å². The molecule has 0 radical (unpaired) electrons. The minimum Gasteiger partial charge on any atom is -0.493 e. The van der Waals surface area contributed by atoms with Crippen LogP contribution in [0.2, 0.25) is 0 Å². The van der Waals surface area contributed by atoms with Crippen LogP contribution in [0.15, 0.2) is 18.2 Å². The van der Waals surface area contributed by atoms with Crippen molar-refractivity contribution in [3.05, 3.63) is 18.2 Å². The number of benzene rings is 1. The minimum absolute atomic E-state index is 0.670. The number of ether oxygens (including phenoxy) is 3. The van der Waals surface area contributed by atoms with Crippen molar-refractivity contribution in [1.82, 2.24) is 9.80 Å². The molecule has 0 amide bonds. The normalized spacial score (nSPS) is 16.7. The Morgan fingerprint density at radius 3 is 2.19 bits per heavy atom. The Labute approximate surface area is 127 Å². The molecule has 21 heavy (non-hydrogen) atoms. The van der Waals surface area contributed by atoms with E-state index < -0.39 is 0 Å². The van der Waals surface area contributed by atoms with Crippen LogP contribution >= 0.6 is 0 Å². The average Bonchev–Trinajstić information content (AvgIpc) is 2.53. The molecule has 1 aromatic rings. The van der Waals surface area contributed by atoms with Crippen molar-refractivity contribution in [2.45, 2.75) is 6.42 Å². The summed E-state index contributed by atoms with van der Waals surface area (Å²) in [6.45, 7) is 6.35. The quantitative estimate of drug-likeness (QED) is 0.715. The van der Waals surface area contributed by atoms with Gasteiger partial charge in [-0.25, -0.2) is 0 Å². The second-order valence-corrected chi connectivity index (χ2v) is 5.34. The molecule has 5 nitrogen and oxygen atoms in total. The number of hydrogen-bond acceptors (Lipinski definition) is 5. The Morgan fingerprint density at radius 1 is 1.00 bits per heavy atom. The molecular formula is C16H26N2O3. The van der Waals surface area contributed by atoms with Gasteiger partial charge < -0.3 is 24.0 Å². The van der Waals surface area contributed by atoms with Crippen LogP contribution < -0.4 is 14.2 Å². The van der Waals surface area contributed by atoms with E-state index in [1.807, 2.05) is 18.2 Å². The molecule has 0 aliphatic carbocycles. The molecule has 0 atom stereocenters. The highest BCUT2D eigenvalue weighted by atomic mass is 16.5. The molecule has 1 aromatic carbocycles. The zero-order chi connectivity index (χ0) is 15.1. The van der Waals surface area contributed by atoms with Crippen molar-refractivity contribution in [2.24, 2.45) is 0 Å². The predicted molar refractivity (Wildman–Crippen MR) is 83.6 cm³/mol. The average molecular weight is 294 g/mol. The van der Waals surface area contributed by atoms with Crippen LogP contribution in [0.3, 0.4) is 0 Å². The Kier molecular flexibility index (Phi) is 6.14. The number of likely N-dealkylation sites (N-methyl/N-ethyl adjacent to an activating group) is 1. The third-order valence-corrected chi connectivity index (χ3v) is 3.84. The third kappa shape index (κ3) is 4.51. The maximum absolute atomic E-state index is 5.88. The number of piperazine rings is 1. The van der Waals surface area contributed by atoms with Crippen LogP contribution in [0.5, 0.6) is 17.2 Å². The molecule has 5 heteroatoms. The summed E-state index contributed by atoms with van der Waals surface area (Å²) in [6.07, 6.45) is 1.00. The summed E-state index contributed by atoms with van der Waals surface area (Å²) in [5.74, 6) is 2.13. The molecular weight excluding hydrogens is 268 g/mol. The molecule has 1 aliphatic rings. The number of methoxy groups -OCH3 is 2. The van der Waals surface area contributed by atoms with Gasteiger partial charge in [0.1, 0.15) is 0 Å². The zero-order valence-corrected chi connectivity index (χ0v) is 13.3. The third-order valence-electron chi connectivity index (χ3n) is 3.84. The van der Waals surface area contributed by atoms with E-state index in [4.69, 9.17) is 14.2 Å². The molecule has 118 valence electrons. The van der Waals surface area contributed by atoms with Gasteiger partial charge in [0, 0.05) is 32.7 Å². The lowest BCUT2D eigenvalue weighted by Crippen LogP contribution is -2.44. The summed E-state index contributed by atoms with van der Waals surface area (Å²) in [5.41, 5.74) is 0. The van der Waals surface area contributed by atoms with Crippen molar-refractivity contribution in [1.29, 1.82) is 0 Å². The van der Waals surface area contributed by atoms with Crippen molar-refractivity contribution in [2.75, 3.05) is 60.6 Å². The first-order valence-electron chi connectivity index (χ1n) is 7.49. The van der Waals surface area contributed by atoms with Gasteiger partial charge in [-0.2, -0.15) is 0 Å². The number of hydrogen-bond donors (Lipinski definition) is 0.